The van der Waals surface area contributed by atoms with Crippen molar-refractivity contribution in [2.24, 2.45) is 11.8 Å². The van der Waals surface area contributed by atoms with Gasteiger partial charge in [-0.25, -0.2) is 0 Å². The number of allylic oxidation sites excluding steroid dienone is 2. The summed E-state index contributed by atoms with van der Waals surface area (Å²) in [4.78, 5) is 16.5. The first-order chi connectivity index (χ1) is 19.0. The standard InChI is InChI=1S/C23H20NO.C13H24O2.Ir/c1-12-6-8-15-17(10-12)23(4,5)16-9-7-13(2)21-18(16)19-20(15)24-11-14(3)22(19)25-21;1-5-10(6-2)12(14)9-13(15)11(7-3)8-4;/h6-7,9-11H,1-5H3;9-11,14H,5-8H2,1-4H3;/q-1;;/b;12-9-;. The molecular formula is C36H44IrNO3-. The van der Waals surface area contributed by atoms with Crippen LogP contribution in [-0.2, 0) is 30.3 Å². The molecule has 1 aliphatic rings. The first kappa shape index (κ1) is 32.8. The maximum atomic E-state index is 11.7. The molecule has 4 nitrogen and oxygen atoms in total. The molecule has 0 unspecified atom stereocenters. The van der Waals surface area contributed by atoms with E-state index >= 15 is 0 Å². The number of carbonyl (C=O) groups is 1. The number of carbonyl (C=O) groups excluding carboxylic acids is 1. The number of rotatable bonds is 7. The number of aliphatic hydroxyl groups is 1. The number of benzene rings is 2. The van der Waals surface area contributed by atoms with Crippen molar-refractivity contribution in [1.82, 2.24) is 4.98 Å². The zero-order valence-electron chi connectivity index (χ0n) is 26.0. The average molecular weight is 731 g/mol. The van der Waals surface area contributed by atoms with Crippen LogP contribution in [0.4, 0.5) is 0 Å². The maximum Gasteiger partial charge on any atom is 0.162 e. The number of nitrogens with zero attached hydrogens (tertiary/aromatic N) is 1. The molecule has 0 amide bonds. The number of hydrogen-bond acceptors (Lipinski definition) is 4. The molecule has 41 heavy (non-hydrogen) atoms. The third kappa shape index (κ3) is 5.94. The molecule has 2 aromatic heterocycles. The molecule has 0 saturated heterocycles. The number of aromatic nitrogens is 1. The zero-order valence-corrected chi connectivity index (χ0v) is 28.4. The molecule has 2 aromatic carbocycles. The molecule has 0 bridgehead atoms. The van der Waals surface area contributed by atoms with E-state index in [1.807, 2.05) is 33.9 Å². The van der Waals surface area contributed by atoms with Crippen LogP contribution in [0.2, 0.25) is 0 Å². The number of furan rings is 1. The van der Waals surface area contributed by atoms with Gasteiger partial charge in [0.1, 0.15) is 11.2 Å². The molecule has 1 N–H and O–H groups in total. The monoisotopic (exact) mass is 731 g/mol. The van der Waals surface area contributed by atoms with E-state index in [0.29, 0.717) is 0 Å². The van der Waals surface area contributed by atoms with E-state index in [1.165, 1.54) is 33.7 Å². The normalized spacial score (nSPS) is 13.7. The van der Waals surface area contributed by atoms with Crippen LogP contribution in [0.25, 0.3) is 33.2 Å². The van der Waals surface area contributed by atoms with E-state index in [1.54, 1.807) is 0 Å². The summed E-state index contributed by atoms with van der Waals surface area (Å²) in [5.41, 5.74) is 9.94. The minimum Gasteiger partial charge on any atom is -0.512 e. The Kier molecular flexibility index (Phi) is 10.4. The number of fused-ring (bicyclic) bond motifs is 2. The fraction of sp³-hybridized carbons (Fsp3) is 0.444. The number of aryl methyl sites for hydroxylation is 3. The maximum absolute atomic E-state index is 11.7. The Morgan fingerprint density at radius 2 is 1.56 bits per heavy atom. The van der Waals surface area contributed by atoms with E-state index in [2.05, 4.69) is 65.0 Å². The van der Waals surface area contributed by atoms with Gasteiger partial charge in [-0.2, -0.15) is 0 Å². The molecule has 5 heteroatoms. The van der Waals surface area contributed by atoms with Crippen molar-refractivity contribution in [1.29, 1.82) is 0 Å². The van der Waals surface area contributed by atoms with E-state index in [-0.39, 0.29) is 48.9 Å². The second-order valence-corrected chi connectivity index (χ2v) is 11.8. The first-order valence-corrected chi connectivity index (χ1v) is 14.8. The van der Waals surface area contributed by atoms with Crippen LogP contribution in [0.5, 0.6) is 0 Å². The molecule has 5 rings (SSSR count). The largest absolute Gasteiger partial charge is 0.512 e. The van der Waals surface area contributed by atoms with Gasteiger partial charge in [-0.05, 0) is 61.8 Å². The summed E-state index contributed by atoms with van der Waals surface area (Å²) in [7, 11) is 0. The second-order valence-electron chi connectivity index (χ2n) is 11.8. The summed E-state index contributed by atoms with van der Waals surface area (Å²) in [6, 6.07) is 12.3. The van der Waals surface area contributed by atoms with Crippen molar-refractivity contribution in [3.05, 3.63) is 76.2 Å². The third-order valence-electron chi connectivity index (χ3n) is 8.77. The van der Waals surface area contributed by atoms with Gasteiger partial charge in [0.15, 0.2) is 5.78 Å². The molecule has 221 valence electrons. The van der Waals surface area contributed by atoms with Crippen LogP contribution in [0.15, 0.2) is 46.7 Å². The van der Waals surface area contributed by atoms with Gasteiger partial charge in [0, 0.05) is 60.5 Å². The summed E-state index contributed by atoms with van der Waals surface area (Å²) in [5, 5.41) is 12.1. The molecule has 0 aliphatic heterocycles. The van der Waals surface area contributed by atoms with Crippen LogP contribution >= 0.6 is 0 Å². The molecule has 1 aliphatic carbocycles. The Bertz CT molecular complexity index is 1590. The minimum atomic E-state index is -0.144. The molecule has 4 aromatic rings. The predicted molar refractivity (Wildman–Crippen MR) is 166 cm³/mol. The zero-order chi connectivity index (χ0) is 29.4. The number of hydrogen-bond donors (Lipinski definition) is 1. The topological polar surface area (TPSA) is 63.3 Å². The summed E-state index contributed by atoms with van der Waals surface area (Å²) in [5.74, 6) is 0.547. The van der Waals surface area contributed by atoms with Crippen molar-refractivity contribution in [3.63, 3.8) is 0 Å². The summed E-state index contributed by atoms with van der Waals surface area (Å²) >= 11 is 0. The van der Waals surface area contributed by atoms with Crippen molar-refractivity contribution in [2.45, 2.75) is 93.4 Å². The van der Waals surface area contributed by atoms with Crippen molar-refractivity contribution in [2.75, 3.05) is 0 Å². The Morgan fingerprint density at radius 1 is 0.951 bits per heavy atom. The van der Waals surface area contributed by atoms with Crippen LogP contribution in [0.1, 0.15) is 95.0 Å². The van der Waals surface area contributed by atoms with Crippen molar-refractivity contribution < 1.29 is 34.4 Å². The van der Waals surface area contributed by atoms with E-state index < -0.39 is 0 Å². The van der Waals surface area contributed by atoms with Gasteiger partial charge in [-0.1, -0.05) is 60.6 Å². The van der Waals surface area contributed by atoms with Gasteiger partial charge < -0.3 is 14.5 Å². The van der Waals surface area contributed by atoms with Crippen LogP contribution in [0.3, 0.4) is 0 Å². The van der Waals surface area contributed by atoms with Gasteiger partial charge in [0.2, 0.25) is 0 Å². The Morgan fingerprint density at radius 3 is 2.17 bits per heavy atom. The van der Waals surface area contributed by atoms with Gasteiger partial charge in [0.25, 0.3) is 0 Å². The Labute approximate surface area is 259 Å². The predicted octanol–water partition coefficient (Wildman–Crippen LogP) is 9.88. The quantitative estimate of drug-likeness (QED) is 0.117. The second kappa shape index (κ2) is 13.0. The van der Waals surface area contributed by atoms with Gasteiger partial charge in [0.05, 0.1) is 5.76 Å². The van der Waals surface area contributed by atoms with E-state index in [9.17, 15) is 9.90 Å². The fourth-order valence-electron chi connectivity index (χ4n) is 6.05. The van der Waals surface area contributed by atoms with Crippen molar-refractivity contribution in [3.8, 4) is 11.3 Å². The van der Waals surface area contributed by atoms with Crippen LogP contribution in [-0.4, -0.2) is 15.9 Å². The van der Waals surface area contributed by atoms with Gasteiger partial charge in [-0.3, -0.25) is 4.79 Å². The van der Waals surface area contributed by atoms with E-state index in [0.717, 1.165) is 59.1 Å². The molecule has 2 heterocycles. The molecule has 0 atom stereocenters. The van der Waals surface area contributed by atoms with Crippen molar-refractivity contribution >= 4 is 27.7 Å². The number of aliphatic hydroxyl groups excluding tert-OH is 1. The summed E-state index contributed by atoms with van der Waals surface area (Å²) in [6.07, 6.45) is 6.83. The smallest absolute Gasteiger partial charge is 0.162 e. The van der Waals surface area contributed by atoms with E-state index in [4.69, 9.17) is 9.40 Å². The molecular weight excluding hydrogens is 687 g/mol. The molecule has 1 radical (unpaired) electrons. The first-order valence-electron chi connectivity index (χ1n) is 14.8. The van der Waals surface area contributed by atoms with Gasteiger partial charge >= 0.3 is 0 Å². The third-order valence-corrected chi connectivity index (χ3v) is 8.77. The molecule has 0 saturated carbocycles. The molecule has 0 fully saturated rings. The Balaban J connectivity index is 0.000000253. The van der Waals surface area contributed by atoms with Gasteiger partial charge in [-0.15, -0.1) is 34.9 Å². The molecule has 0 spiro atoms. The summed E-state index contributed by atoms with van der Waals surface area (Å²) < 4.78 is 6.35. The van der Waals surface area contributed by atoms with Crippen LogP contribution in [0, 0.1) is 38.7 Å². The Hall–Kier alpha value is -2.75. The fourth-order valence-corrected chi connectivity index (χ4v) is 6.05. The number of ketones is 1. The average Bonchev–Trinajstić information content (AvgIpc) is 3.30. The minimum absolute atomic E-state index is 0. The SMILES string of the molecule is CCC(CC)C(=O)/C=C(\O)C(CC)CC.Cc1c[c-]c2c(c1)C(C)(C)c1ccc(C)c3oc4c(C)cnc-2c4c13.[Ir]. The number of pyridine rings is 1. The summed E-state index contributed by atoms with van der Waals surface area (Å²) in [6.45, 7) is 19.0. The van der Waals surface area contributed by atoms with Crippen LogP contribution < -0.4 is 0 Å².